The number of nitrogens with zero attached hydrogens (tertiary/aromatic N) is 4. The lowest BCUT2D eigenvalue weighted by molar-refractivity contribution is -0.167. The number of aliphatic hydroxyl groups excluding tert-OH is 2. The van der Waals surface area contributed by atoms with Crippen molar-refractivity contribution in [2.45, 2.75) is 34.7 Å². The summed E-state index contributed by atoms with van der Waals surface area (Å²) in [5.41, 5.74) is 8.13. The van der Waals surface area contributed by atoms with Crippen LogP contribution >= 0.6 is 27.7 Å². The van der Waals surface area contributed by atoms with Crippen LogP contribution in [0.15, 0.2) is 32.9 Å². The molecule has 1 fully saturated rings. The minimum absolute atomic E-state index is 0.386. The lowest BCUT2D eigenvalue weighted by Gasteiger charge is -2.41. The third-order valence-corrected chi connectivity index (χ3v) is 4.75. The highest BCUT2D eigenvalue weighted by atomic mass is 79.9. The topological polar surface area (TPSA) is 121 Å². The molecule has 2 unspecified atom stereocenters. The second kappa shape index (κ2) is 8.11. The van der Waals surface area contributed by atoms with Crippen molar-refractivity contribution in [1.82, 2.24) is 4.98 Å². The number of ether oxygens (including phenoxy) is 2. The Morgan fingerprint density at radius 1 is 1.59 bits per heavy atom. The quantitative estimate of drug-likeness (QED) is 0.448. The number of thioether (sulfide) groups is 1. The van der Waals surface area contributed by atoms with Crippen LogP contribution in [0.2, 0.25) is 0 Å². The molecule has 0 saturated carbocycles. The smallest absolute Gasteiger partial charge is 0.134 e. The molecule has 1 aliphatic heterocycles. The maximum Gasteiger partial charge on any atom is 0.134 e. The summed E-state index contributed by atoms with van der Waals surface area (Å²) < 4.78 is 11.8. The number of rotatable bonds is 5. The summed E-state index contributed by atoms with van der Waals surface area (Å²) in [6.07, 6.45) is 0.677. The van der Waals surface area contributed by atoms with Crippen LogP contribution in [-0.2, 0) is 9.47 Å². The highest BCUT2D eigenvalue weighted by Gasteiger charge is 2.45. The van der Waals surface area contributed by atoms with Crippen molar-refractivity contribution >= 4 is 27.7 Å². The molecule has 22 heavy (non-hydrogen) atoms. The van der Waals surface area contributed by atoms with Crippen LogP contribution in [0.3, 0.4) is 0 Å². The number of pyridine rings is 1. The fraction of sp³-hybridized carbons (Fsp3) is 0.583. The number of methoxy groups -OCH3 is 1. The largest absolute Gasteiger partial charge is 0.394 e. The minimum atomic E-state index is -1.14. The standard InChI is InChI=1S/C12H15BrN4O4S/c1-20-11-9(16-17-14)10(19)8(5-18)21-12(11)22-7-2-6(13)3-15-4-7/h2-4,8-12,18-19H,5H2,1H3/t8?,9?,10-,11-,12+/m0/s1. The van der Waals surface area contributed by atoms with Gasteiger partial charge in [-0.3, -0.25) is 4.98 Å². The lowest BCUT2D eigenvalue weighted by atomic mass is 9.98. The molecule has 0 radical (unpaired) electrons. The van der Waals surface area contributed by atoms with Gasteiger partial charge in [0.1, 0.15) is 17.6 Å². The second-order valence-electron chi connectivity index (χ2n) is 4.57. The fourth-order valence-electron chi connectivity index (χ4n) is 2.19. The Bertz CT molecular complexity index is 560. The zero-order valence-corrected chi connectivity index (χ0v) is 14.0. The fourth-order valence-corrected chi connectivity index (χ4v) is 3.89. The molecular formula is C12H15BrN4O4S. The number of aliphatic hydroxyl groups is 2. The normalized spacial score (nSPS) is 31.5. The summed E-state index contributed by atoms with van der Waals surface area (Å²) in [4.78, 5) is 7.63. The Hall–Kier alpha value is -0.870. The third kappa shape index (κ3) is 3.90. The summed E-state index contributed by atoms with van der Waals surface area (Å²) in [5, 5.41) is 23.1. The molecule has 1 aromatic rings. The van der Waals surface area contributed by atoms with E-state index in [1.165, 1.54) is 18.9 Å². The van der Waals surface area contributed by atoms with Crippen LogP contribution in [0.4, 0.5) is 0 Å². The zero-order valence-electron chi connectivity index (χ0n) is 11.6. The van der Waals surface area contributed by atoms with Gasteiger partial charge in [-0.1, -0.05) is 16.9 Å². The van der Waals surface area contributed by atoms with Gasteiger partial charge in [0.05, 0.1) is 18.8 Å². The molecule has 2 N–H and O–H groups in total. The van der Waals surface area contributed by atoms with Gasteiger partial charge in [-0.05, 0) is 27.5 Å². The van der Waals surface area contributed by atoms with Gasteiger partial charge in [-0.2, -0.15) is 0 Å². The van der Waals surface area contributed by atoms with Crippen molar-refractivity contribution in [3.63, 3.8) is 0 Å². The van der Waals surface area contributed by atoms with Crippen molar-refractivity contribution in [1.29, 1.82) is 0 Å². The van der Waals surface area contributed by atoms with Crippen molar-refractivity contribution < 1.29 is 19.7 Å². The molecule has 5 atom stereocenters. The van der Waals surface area contributed by atoms with E-state index in [-0.39, 0.29) is 6.61 Å². The van der Waals surface area contributed by atoms with Gasteiger partial charge in [0.15, 0.2) is 0 Å². The van der Waals surface area contributed by atoms with E-state index < -0.39 is 29.8 Å². The summed E-state index contributed by atoms with van der Waals surface area (Å²) in [7, 11) is 1.45. The van der Waals surface area contributed by atoms with Crippen LogP contribution in [-0.4, -0.2) is 58.7 Å². The molecule has 0 spiro atoms. The molecular weight excluding hydrogens is 376 g/mol. The van der Waals surface area contributed by atoms with E-state index in [4.69, 9.17) is 15.0 Å². The Balaban J connectivity index is 2.25. The summed E-state index contributed by atoms with van der Waals surface area (Å²) in [6, 6.07) is 1.01. The molecule has 1 aromatic heterocycles. The predicted octanol–water partition coefficient (Wildman–Crippen LogP) is 1.71. The maximum absolute atomic E-state index is 10.1. The summed E-state index contributed by atoms with van der Waals surface area (Å²) in [6.45, 7) is -0.386. The highest BCUT2D eigenvalue weighted by molar-refractivity contribution is 9.10. The van der Waals surface area contributed by atoms with Crippen LogP contribution < -0.4 is 0 Å². The molecule has 0 aromatic carbocycles. The van der Waals surface area contributed by atoms with Crippen LogP contribution in [0.5, 0.6) is 0 Å². The Morgan fingerprint density at radius 2 is 2.36 bits per heavy atom. The molecule has 0 amide bonds. The molecule has 120 valence electrons. The first kappa shape index (κ1) is 17.5. The maximum atomic E-state index is 10.1. The highest BCUT2D eigenvalue weighted by Crippen LogP contribution is 2.36. The summed E-state index contributed by atoms with van der Waals surface area (Å²) >= 11 is 4.65. The average Bonchev–Trinajstić information content (AvgIpc) is 2.50. The minimum Gasteiger partial charge on any atom is -0.394 e. The van der Waals surface area contributed by atoms with Gasteiger partial charge in [0.25, 0.3) is 0 Å². The van der Waals surface area contributed by atoms with Crippen molar-refractivity contribution in [2.24, 2.45) is 5.11 Å². The first-order valence-corrected chi connectivity index (χ1v) is 8.06. The van der Waals surface area contributed by atoms with E-state index in [1.54, 1.807) is 12.4 Å². The molecule has 1 saturated heterocycles. The average molecular weight is 391 g/mol. The number of hydrogen-bond acceptors (Lipinski definition) is 7. The van der Waals surface area contributed by atoms with E-state index in [2.05, 4.69) is 30.9 Å². The molecule has 2 rings (SSSR count). The molecule has 2 heterocycles. The van der Waals surface area contributed by atoms with E-state index in [0.29, 0.717) is 0 Å². The van der Waals surface area contributed by atoms with Gasteiger partial charge in [-0.25, -0.2) is 0 Å². The predicted molar refractivity (Wildman–Crippen MR) is 83.3 cm³/mol. The van der Waals surface area contributed by atoms with Crippen molar-refractivity contribution in [3.8, 4) is 0 Å². The number of hydrogen-bond donors (Lipinski definition) is 2. The third-order valence-electron chi connectivity index (χ3n) is 3.21. The van der Waals surface area contributed by atoms with Gasteiger partial charge in [0.2, 0.25) is 0 Å². The molecule has 1 aliphatic rings. The zero-order chi connectivity index (χ0) is 16.1. The van der Waals surface area contributed by atoms with Gasteiger partial charge in [-0.15, -0.1) is 0 Å². The SMILES string of the molecule is CO[C@H]1C(N=[N+]=[N-])[C@@H](O)C(CO)O[C@@H]1Sc1cncc(Br)c1. The van der Waals surface area contributed by atoms with E-state index in [0.717, 1.165) is 9.37 Å². The monoisotopic (exact) mass is 390 g/mol. The number of azide groups is 1. The van der Waals surface area contributed by atoms with Crippen LogP contribution in [0, 0.1) is 0 Å². The molecule has 10 heteroatoms. The van der Waals surface area contributed by atoms with E-state index in [1.807, 2.05) is 6.07 Å². The number of halogens is 1. The molecule has 0 aliphatic carbocycles. The van der Waals surface area contributed by atoms with E-state index in [9.17, 15) is 10.2 Å². The van der Waals surface area contributed by atoms with Crippen molar-refractivity contribution in [3.05, 3.63) is 33.4 Å². The Kier molecular flexibility index (Phi) is 6.45. The van der Waals surface area contributed by atoms with Crippen LogP contribution in [0.25, 0.3) is 10.4 Å². The van der Waals surface area contributed by atoms with Crippen molar-refractivity contribution in [2.75, 3.05) is 13.7 Å². The first-order valence-electron chi connectivity index (χ1n) is 6.39. The van der Waals surface area contributed by atoms with Gasteiger partial charge >= 0.3 is 0 Å². The first-order chi connectivity index (χ1) is 10.6. The number of aromatic nitrogens is 1. The Labute approximate surface area is 139 Å². The molecule has 0 bridgehead atoms. The lowest BCUT2D eigenvalue weighted by Crippen LogP contribution is -2.57. The molecule has 8 nitrogen and oxygen atoms in total. The van der Waals surface area contributed by atoms with Crippen LogP contribution in [0.1, 0.15) is 0 Å². The Morgan fingerprint density at radius 3 is 2.95 bits per heavy atom. The second-order valence-corrected chi connectivity index (χ2v) is 6.66. The summed E-state index contributed by atoms with van der Waals surface area (Å²) in [5.74, 6) is 0. The van der Waals surface area contributed by atoms with Gasteiger partial charge < -0.3 is 19.7 Å². The van der Waals surface area contributed by atoms with Gasteiger partial charge in [0, 0.05) is 33.8 Å². The van der Waals surface area contributed by atoms with E-state index >= 15 is 0 Å².